The molecule has 8 nitrogen and oxygen atoms in total. The van der Waals surface area contributed by atoms with E-state index >= 15 is 0 Å². The Morgan fingerprint density at radius 1 is 1.00 bits per heavy atom. The van der Waals surface area contributed by atoms with E-state index in [4.69, 9.17) is 4.55 Å². The van der Waals surface area contributed by atoms with Crippen LogP contribution in [0, 0.1) is 0 Å². The fraction of sp³-hybridized carbons (Fsp3) is 0.176. The highest BCUT2D eigenvalue weighted by Crippen LogP contribution is 2.25. The van der Waals surface area contributed by atoms with Gasteiger partial charge in [0.2, 0.25) is 11.0 Å². The van der Waals surface area contributed by atoms with Crippen molar-refractivity contribution in [3.8, 4) is 0 Å². The van der Waals surface area contributed by atoms with Crippen LogP contribution in [0.5, 0.6) is 0 Å². The number of pyridine rings is 1. The van der Waals surface area contributed by atoms with Crippen molar-refractivity contribution in [3.05, 3.63) is 54.1 Å². The molecule has 0 saturated heterocycles. The molecule has 1 amide bonds. The predicted molar refractivity (Wildman–Crippen MR) is 98.4 cm³/mol. The normalized spacial score (nSPS) is 11.6. The predicted octanol–water partition coefficient (Wildman–Crippen LogP) is 1.76. The molecule has 0 saturated carbocycles. The Bertz CT molecular complexity index is 1230. The van der Waals surface area contributed by atoms with E-state index in [2.05, 4.69) is 4.36 Å². The Morgan fingerprint density at radius 2 is 1.52 bits per heavy atom. The smallest absolute Gasteiger partial charge is 0.286 e. The molecule has 1 N–H and O–H groups in total. The molecule has 0 unspecified atom stereocenters. The van der Waals surface area contributed by atoms with Crippen LogP contribution in [0.15, 0.2) is 52.9 Å². The summed E-state index contributed by atoms with van der Waals surface area (Å²) in [6.45, 7) is 0.278. The molecule has 140 valence electrons. The summed E-state index contributed by atoms with van der Waals surface area (Å²) < 4.78 is 57.8. The van der Waals surface area contributed by atoms with Gasteiger partial charge in [0.25, 0.3) is 16.0 Å². The number of carbonyl (C=O) groups excluding carboxylic acids is 1. The van der Waals surface area contributed by atoms with E-state index in [0.29, 0.717) is 21.8 Å². The second-order valence-electron chi connectivity index (χ2n) is 5.81. The molecular formula is C17H15N2O6S2+. The van der Waals surface area contributed by atoms with Crippen LogP contribution in [0.3, 0.4) is 0 Å². The van der Waals surface area contributed by atoms with Gasteiger partial charge < -0.3 is 0 Å². The topological polar surface area (TPSA) is 122 Å². The van der Waals surface area contributed by atoms with Gasteiger partial charge in [0, 0.05) is 18.6 Å². The van der Waals surface area contributed by atoms with Crippen LogP contribution in [-0.2, 0) is 27.2 Å². The molecule has 0 fully saturated rings. The van der Waals surface area contributed by atoms with Gasteiger partial charge in [-0.1, -0.05) is 28.6 Å². The summed E-state index contributed by atoms with van der Waals surface area (Å²) >= 11 is 0. The quantitative estimate of drug-likeness (QED) is 0.391. The van der Waals surface area contributed by atoms with Crippen molar-refractivity contribution in [1.29, 1.82) is 0 Å². The fourth-order valence-corrected chi connectivity index (χ4v) is 3.83. The van der Waals surface area contributed by atoms with Crippen LogP contribution in [0.2, 0.25) is 0 Å². The van der Waals surface area contributed by atoms with Crippen molar-refractivity contribution >= 4 is 48.3 Å². The molecule has 0 spiro atoms. The molecule has 0 aliphatic heterocycles. The van der Waals surface area contributed by atoms with Crippen molar-refractivity contribution in [3.63, 3.8) is 0 Å². The summed E-state index contributed by atoms with van der Waals surface area (Å²) in [5.74, 6) is -1.27. The largest absolute Gasteiger partial charge is 0.319 e. The highest BCUT2D eigenvalue weighted by atomic mass is 32.2. The zero-order valence-electron chi connectivity index (χ0n) is 13.9. The molecular weight excluding hydrogens is 392 g/mol. The van der Waals surface area contributed by atoms with E-state index in [9.17, 15) is 21.6 Å². The molecule has 0 radical (unpaired) electrons. The van der Waals surface area contributed by atoms with E-state index in [1.165, 1.54) is 0 Å². The maximum Gasteiger partial charge on any atom is 0.319 e. The third-order valence-corrected chi connectivity index (χ3v) is 5.20. The Morgan fingerprint density at radius 3 is 2.00 bits per heavy atom. The maximum absolute atomic E-state index is 12.5. The van der Waals surface area contributed by atoms with Gasteiger partial charge in [0.05, 0.1) is 22.1 Å². The van der Waals surface area contributed by atoms with Crippen LogP contribution in [0.1, 0.15) is 16.8 Å². The zero-order chi connectivity index (χ0) is 19.6. The number of fused-ring (bicyclic) bond motifs is 2. The lowest BCUT2D eigenvalue weighted by Crippen LogP contribution is -2.37. The minimum atomic E-state index is -4.09. The summed E-state index contributed by atoms with van der Waals surface area (Å²) in [5.41, 5.74) is 1.42. The number of aromatic nitrogens is 1. The molecule has 1 aromatic heterocycles. The number of carbonyl (C=O) groups is 1. The van der Waals surface area contributed by atoms with Gasteiger partial charge in [0.1, 0.15) is 0 Å². The number of hydrogen-bond acceptors (Lipinski definition) is 5. The Kier molecular flexibility index (Phi) is 5.31. The Labute approximate surface area is 156 Å². The zero-order valence-corrected chi connectivity index (χ0v) is 15.6. The lowest BCUT2D eigenvalue weighted by molar-refractivity contribution is -0.645. The molecule has 3 aromatic rings. The van der Waals surface area contributed by atoms with Crippen molar-refractivity contribution in [2.45, 2.75) is 13.0 Å². The molecule has 0 bridgehead atoms. The third kappa shape index (κ3) is 4.18. The Hall–Kier alpha value is -2.69. The summed E-state index contributed by atoms with van der Waals surface area (Å²) in [7, 11) is -6.96. The first-order chi connectivity index (χ1) is 12.8. The van der Waals surface area contributed by atoms with Crippen molar-refractivity contribution in [1.82, 2.24) is 0 Å². The molecule has 0 aliphatic carbocycles. The first-order valence-corrected chi connectivity index (χ1v) is 10.6. The summed E-state index contributed by atoms with van der Waals surface area (Å²) in [6.07, 6.45) is 0.166. The SMILES string of the molecule is O=C(N=S(=O)=O)c1c2ccccc2[n+](CCCS(=O)(=O)O)c2ccccc12. The first kappa shape index (κ1) is 19.1. The van der Waals surface area contributed by atoms with Crippen LogP contribution in [0.4, 0.5) is 0 Å². The minimum Gasteiger partial charge on any atom is -0.286 e. The van der Waals surface area contributed by atoms with Gasteiger partial charge >= 0.3 is 10.5 Å². The molecule has 3 rings (SSSR count). The first-order valence-electron chi connectivity index (χ1n) is 7.92. The van der Waals surface area contributed by atoms with E-state index in [-0.39, 0.29) is 18.5 Å². The lowest BCUT2D eigenvalue weighted by Gasteiger charge is -2.09. The van der Waals surface area contributed by atoms with E-state index < -0.39 is 32.3 Å². The van der Waals surface area contributed by atoms with Crippen LogP contribution < -0.4 is 4.57 Å². The van der Waals surface area contributed by atoms with E-state index in [1.54, 1.807) is 48.5 Å². The van der Waals surface area contributed by atoms with Gasteiger partial charge in [-0.3, -0.25) is 9.35 Å². The number of rotatable bonds is 5. The van der Waals surface area contributed by atoms with E-state index in [0.717, 1.165) is 0 Å². The van der Waals surface area contributed by atoms with Crippen LogP contribution in [0.25, 0.3) is 21.8 Å². The van der Waals surface area contributed by atoms with Gasteiger partial charge in [-0.15, -0.1) is 0 Å². The molecule has 0 aliphatic rings. The van der Waals surface area contributed by atoms with Gasteiger partial charge in [0.15, 0.2) is 6.54 Å². The summed E-state index contributed by atoms with van der Waals surface area (Å²) in [5, 5.41) is 1.00. The summed E-state index contributed by atoms with van der Waals surface area (Å²) in [6, 6.07) is 13.8. The monoisotopic (exact) mass is 407 g/mol. The maximum atomic E-state index is 12.5. The fourth-order valence-electron chi connectivity index (χ4n) is 3.11. The lowest BCUT2D eigenvalue weighted by atomic mass is 10.0. The van der Waals surface area contributed by atoms with Crippen LogP contribution >= 0.6 is 0 Å². The second-order valence-corrected chi connectivity index (χ2v) is 8.00. The van der Waals surface area contributed by atoms with Crippen molar-refractivity contribution < 1.29 is 30.7 Å². The van der Waals surface area contributed by atoms with Gasteiger partial charge in [-0.05, 0) is 12.1 Å². The van der Waals surface area contributed by atoms with Crippen molar-refractivity contribution in [2.24, 2.45) is 4.36 Å². The highest BCUT2D eigenvalue weighted by Gasteiger charge is 2.24. The van der Waals surface area contributed by atoms with Crippen molar-refractivity contribution in [2.75, 3.05) is 5.75 Å². The molecule has 1 heterocycles. The number of aryl methyl sites for hydroxylation is 1. The third-order valence-electron chi connectivity index (χ3n) is 4.08. The van der Waals surface area contributed by atoms with Crippen LogP contribution in [-0.4, -0.2) is 33.0 Å². The Balaban J connectivity index is 2.31. The van der Waals surface area contributed by atoms with Gasteiger partial charge in [-0.2, -0.15) is 21.4 Å². The summed E-state index contributed by atoms with van der Waals surface area (Å²) in [4.78, 5) is 12.5. The average Bonchev–Trinajstić information content (AvgIpc) is 2.59. The molecule has 2 aromatic carbocycles. The van der Waals surface area contributed by atoms with Gasteiger partial charge in [-0.25, -0.2) is 0 Å². The second kappa shape index (κ2) is 7.51. The average molecular weight is 407 g/mol. The number of benzene rings is 2. The number of para-hydroxylation sites is 2. The molecule has 27 heavy (non-hydrogen) atoms. The molecule has 10 heteroatoms. The number of nitrogens with zero attached hydrogens (tertiary/aromatic N) is 2. The standard InChI is InChI=1S/C17H14N2O6S2/c20-17(18-26(21)22)16-12-6-1-3-8-14(12)19(10-5-11-27(23,24)25)15-9-4-2-7-13(15)16/h1-4,6-9H,5,10-11H2/p+1. The minimum absolute atomic E-state index is 0.163. The highest BCUT2D eigenvalue weighted by molar-refractivity contribution is 7.85. The molecule has 0 atom stereocenters. The number of amides is 1. The van der Waals surface area contributed by atoms with E-state index in [1.807, 2.05) is 4.57 Å². The number of hydrogen-bond donors (Lipinski definition) is 1.